The van der Waals surface area contributed by atoms with Gasteiger partial charge in [0.05, 0.1) is 14.2 Å². The summed E-state index contributed by atoms with van der Waals surface area (Å²) in [6, 6.07) is 9.80. The molecule has 0 saturated carbocycles. The van der Waals surface area contributed by atoms with E-state index < -0.39 is 0 Å². The number of rotatable bonds is 7. The fourth-order valence-corrected chi connectivity index (χ4v) is 4.15. The molecular formula is C18H17FN2O3S2. The highest BCUT2D eigenvalue weighted by molar-refractivity contribution is 7.99. The molecule has 0 aliphatic carbocycles. The minimum Gasteiger partial charge on any atom is -0.495 e. The number of ether oxygens (including phenoxy) is 2. The molecule has 0 bridgehead atoms. The summed E-state index contributed by atoms with van der Waals surface area (Å²) in [6.07, 6.45) is 0.326. The van der Waals surface area contributed by atoms with Crippen LogP contribution in [0.1, 0.15) is 6.42 Å². The lowest BCUT2D eigenvalue weighted by molar-refractivity contribution is -0.115. The third-order valence-corrected chi connectivity index (χ3v) is 5.57. The number of carbonyl (C=O) groups excluding carboxylic acids is 1. The molecule has 26 heavy (non-hydrogen) atoms. The quantitative estimate of drug-likeness (QED) is 0.597. The van der Waals surface area contributed by atoms with Crippen LogP contribution < -0.4 is 14.8 Å². The highest BCUT2D eigenvalue weighted by atomic mass is 32.2. The molecule has 0 aliphatic rings. The summed E-state index contributed by atoms with van der Waals surface area (Å²) in [7, 11) is 3.16. The molecule has 0 spiro atoms. The Balaban J connectivity index is 1.62. The normalized spacial score (nSPS) is 10.7. The molecule has 3 rings (SSSR count). The molecule has 0 saturated heterocycles. The highest BCUT2D eigenvalue weighted by Gasteiger charge is 2.15. The lowest BCUT2D eigenvalue weighted by Gasteiger charge is -2.03. The van der Waals surface area contributed by atoms with Crippen molar-refractivity contribution in [3.8, 4) is 11.5 Å². The molecule has 2 aromatic carbocycles. The fourth-order valence-electron chi connectivity index (χ4n) is 2.31. The van der Waals surface area contributed by atoms with E-state index in [0.29, 0.717) is 34.3 Å². The van der Waals surface area contributed by atoms with Gasteiger partial charge in [0, 0.05) is 17.1 Å². The molecule has 1 N–H and O–H groups in total. The van der Waals surface area contributed by atoms with Crippen molar-refractivity contribution in [3.63, 3.8) is 0 Å². The Morgan fingerprint density at radius 1 is 1.15 bits per heavy atom. The molecule has 8 heteroatoms. The first-order valence-electron chi connectivity index (χ1n) is 7.80. The second-order valence-electron chi connectivity index (χ2n) is 5.27. The van der Waals surface area contributed by atoms with Gasteiger partial charge in [0.2, 0.25) is 5.91 Å². The SMILES string of the molecule is COc1ccc(OC)c2sc(NC(=O)CCSc3ccc(F)cc3)nc12. The van der Waals surface area contributed by atoms with Crippen LogP contribution in [0.25, 0.3) is 10.2 Å². The van der Waals surface area contributed by atoms with Crippen molar-refractivity contribution in [3.05, 3.63) is 42.2 Å². The van der Waals surface area contributed by atoms with Crippen LogP contribution >= 0.6 is 23.1 Å². The predicted molar refractivity (Wildman–Crippen MR) is 103 cm³/mol. The Hall–Kier alpha value is -2.32. The van der Waals surface area contributed by atoms with Gasteiger partial charge in [0.1, 0.15) is 27.5 Å². The van der Waals surface area contributed by atoms with Gasteiger partial charge in [0.15, 0.2) is 5.13 Å². The summed E-state index contributed by atoms with van der Waals surface area (Å²) in [4.78, 5) is 17.5. The zero-order valence-electron chi connectivity index (χ0n) is 14.2. The van der Waals surface area contributed by atoms with Crippen LogP contribution in [0.2, 0.25) is 0 Å². The first-order chi connectivity index (χ1) is 12.6. The Labute approximate surface area is 158 Å². The molecular weight excluding hydrogens is 375 g/mol. The number of methoxy groups -OCH3 is 2. The molecule has 1 amide bonds. The Kier molecular flexibility index (Phi) is 5.95. The van der Waals surface area contributed by atoms with Gasteiger partial charge in [-0.2, -0.15) is 0 Å². The third kappa shape index (κ3) is 4.25. The number of hydrogen-bond acceptors (Lipinski definition) is 6. The molecule has 1 aromatic heterocycles. The van der Waals surface area contributed by atoms with Gasteiger partial charge in [-0.3, -0.25) is 4.79 Å². The van der Waals surface area contributed by atoms with Crippen molar-refractivity contribution in [1.82, 2.24) is 4.98 Å². The van der Waals surface area contributed by atoms with Gasteiger partial charge < -0.3 is 14.8 Å². The Morgan fingerprint density at radius 2 is 1.85 bits per heavy atom. The van der Waals surface area contributed by atoms with E-state index >= 15 is 0 Å². The number of nitrogens with one attached hydrogen (secondary N) is 1. The average molecular weight is 392 g/mol. The second kappa shape index (κ2) is 8.37. The Bertz CT molecular complexity index is 872. The van der Waals surface area contributed by atoms with E-state index in [9.17, 15) is 9.18 Å². The first-order valence-corrected chi connectivity index (χ1v) is 9.60. The summed E-state index contributed by atoms with van der Waals surface area (Å²) in [5.74, 6) is 1.51. The highest BCUT2D eigenvalue weighted by Crippen LogP contribution is 2.38. The number of thiazole rings is 1. The monoisotopic (exact) mass is 392 g/mol. The third-order valence-electron chi connectivity index (χ3n) is 3.57. The van der Waals surface area contributed by atoms with Gasteiger partial charge in [-0.05, 0) is 36.4 Å². The maximum absolute atomic E-state index is 12.9. The van der Waals surface area contributed by atoms with Crippen molar-refractivity contribution in [1.29, 1.82) is 0 Å². The zero-order valence-corrected chi connectivity index (χ0v) is 15.9. The lowest BCUT2D eigenvalue weighted by Crippen LogP contribution is -2.11. The van der Waals surface area contributed by atoms with Crippen molar-refractivity contribution in [2.75, 3.05) is 25.3 Å². The number of anilines is 1. The largest absolute Gasteiger partial charge is 0.495 e. The maximum atomic E-state index is 12.9. The molecule has 0 radical (unpaired) electrons. The number of carbonyl (C=O) groups is 1. The minimum absolute atomic E-state index is 0.128. The number of thioether (sulfide) groups is 1. The summed E-state index contributed by atoms with van der Waals surface area (Å²) in [5, 5.41) is 3.31. The fraction of sp³-hybridized carbons (Fsp3) is 0.222. The van der Waals surface area contributed by atoms with Crippen LogP contribution in [0, 0.1) is 5.82 Å². The molecule has 0 aliphatic heterocycles. The van der Waals surface area contributed by atoms with E-state index in [1.165, 1.54) is 35.2 Å². The van der Waals surface area contributed by atoms with Crippen LogP contribution in [0.3, 0.4) is 0 Å². The zero-order chi connectivity index (χ0) is 18.5. The van der Waals surface area contributed by atoms with E-state index in [1.54, 1.807) is 32.4 Å². The van der Waals surface area contributed by atoms with E-state index in [1.807, 2.05) is 6.07 Å². The standard InChI is InChI=1S/C18H17FN2O3S2/c1-23-13-7-8-14(24-2)17-16(13)21-18(26-17)20-15(22)9-10-25-12-5-3-11(19)4-6-12/h3-8H,9-10H2,1-2H3,(H,20,21,22). The molecule has 1 heterocycles. The maximum Gasteiger partial charge on any atom is 0.226 e. The van der Waals surface area contributed by atoms with E-state index in [4.69, 9.17) is 9.47 Å². The van der Waals surface area contributed by atoms with Gasteiger partial charge in [-0.15, -0.1) is 11.8 Å². The van der Waals surface area contributed by atoms with Crippen LogP contribution in [0.4, 0.5) is 9.52 Å². The number of aromatic nitrogens is 1. The molecule has 3 aromatic rings. The van der Waals surface area contributed by atoms with Gasteiger partial charge in [-0.1, -0.05) is 11.3 Å². The Morgan fingerprint density at radius 3 is 2.54 bits per heavy atom. The van der Waals surface area contributed by atoms with Crippen molar-refractivity contribution < 1.29 is 18.7 Å². The summed E-state index contributed by atoms with van der Waals surface area (Å²) in [5.41, 5.74) is 0.660. The van der Waals surface area contributed by atoms with E-state index in [2.05, 4.69) is 10.3 Å². The van der Waals surface area contributed by atoms with Crippen molar-refractivity contribution >= 4 is 44.4 Å². The van der Waals surface area contributed by atoms with Crippen molar-refractivity contribution in [2.45, 2.75) is 11.3 Å². The van der Waals surface area contributed by atoms with Gasteiger partial charge >= 0.3 is 0 Å². The second-order valence-corrected chi connectivity index (χ2v) is 7.43. The van der Waals surface area contributed by atoms with E-state index in [0.717, 1.165) is 9.60 Å². The lowest BCUT2D eigenvalue weighted by atomic mass is 10.3. The van der Waals surface area contributed by atoms with Gasteiger partial charge in [-0.25, -0.2) is 9.37 Å². The summed E-state index contributed by atoms with van der Waals surface area (Å²) in [6.45, 7) is 0. The number of amides is 1. The molecule has 0 fully saturated rings. The minimum atomic E-state index is -0.270. The molecule has 0 unspecified atom stereocenters. The number of benzene rings is 2. The first kappa shape index (κ1) is 18.5. The average Bonchev–Trinajstić information content (AvgIpc) is 3.06. The number of fused-ring (bicyclic) bond motifs is 1. The molecule has 5 nitrogen and oxygen atoms in total. The van der Waals surface area contributed by atoms with Crippen LogP contribution in [0.15, 0.2) is 41.3 Å². The van der Waals surface area contributed by atoms with Crippen molar-refractivity contribution in [2.24, 2.45) is 0 Å². The summed E-state index contributed by atoms with van der Waals surface area (Å²) >= 11 is 2.84. The molecule has 136 valence electrons. The number of nitrogens with zero attached hydrogens (tertiary/aromatic N) is 1. The van der Waals surface area contributed by atoms with Gasteiger partial charge in [0.25, 0.3) is 0 Å². The number of halogens is 1. The smallest absolute Gasteiger partial charge is 0.226 e. The predicted octanol–water partition coefficient (Wildman–Crippen LogP) is 4.57. The molecule has 0 atom stereocenters. The van der Waals surface area contributed by atoms with Crippen LogP contribution in [-0.2, 0) is 4.79 Å². The summed E-state index contributed by atoms with van der Waals surface area (Å²) < 4.78 is 24.4. The van der Waals surface area contributed by atoms with E-state index in [-0.39, 0.29) is 11.7 Å². The van der Waals surface area contributed by atoms with Crippen LogP contribution in [-0.4, -0.2) is 30.9 Å². The number of hydrogen-bond donors (Lipinski definition) is 1. The topological polar surface area (TPSA) is 60.5 Å². The van der Waals surface area contributed by atoms with Crippen LogP contribution in [0.5, 0.6) is 11.5 Å².